The summed E-state index contributed by atoms with van der Waals surface area (Å²) < 4.78 is 81.5. The van der Waals surface area contributed by atoms with Gasteiger partial charge >= 0.3 is 18.4 Å². The van der Waals surface area contributed by atoms with Gasteiger partial charge in [-0.3, -0.25) is 4.79 Å². The molecule has 0 aliphatic carbocycles. The Morgan fingerprint density at radius 2 is 1.82 bits per heavy atom. The fraction of sp³-hybridized carbons (Fsp3) is 0.474. The molecule has 180 valence electrons. The number of ether oxygens (including phenoxy) is 1. The van der Waals surface area contributed by atoms with Crippen molar-refractivity contribution in [3.63, 3.8) is 0 Å². The molecule has 1 aliphatic heterocycles. The average Bonchev–Trinajstić information content (AvgIpc) is 2.73. The zero-order valence-electron chi connectivity index (χ0n) is 17.2. The van der Waals surface area contributed by atoms with Crippen LogP contribution in [0.15, 0.2) is 29.5 Å². The van der Waals surface area contributed by atoms with Crippen molar-refractivity contribution in [3.05, 3.63) is 51.7 Å². The lowest BCUT2D eigenvalue weighted by molar-refractivity contribution is -0.139. The minimum absolute atomic E-state index is 0.0423. The molecule has 3 heterocycles. The molecule has 2 aromatic heterocycles. The molecular weight excluding hydrogens is 460 g/mol. The van der Waals surface area contributed by atoms with E-state index < -0.39 is 35.1 Å². The van der Waals surface area contributed by atoms with E-state index in [4.69, 9.17) is 4.74 Å². The third-order valence-electron chi connectivity index (χ3n) is 5.00. The van der Waals surface area contributed by atoms with Crippen LogP contribution < -0.4 is 10.5 Å². The van der Waals surface area contributed by atoms with Crippen LogP contribution in [0.2, 0.25) is 0 Å². The third kappa shape index (κ3) is 5.93. The lowest BCUT2D eigenvalue weighted by Gasteiger charge is -2.39. The Hall–Kier alpha value is -3.32. The van der Waals surface area contributed by atoms with Crippen LogP contribution in [-0.4, -0.2) is 58.2 Å². The van der Waals surface area contributed by atoms with E-state index in [9.17, 15) is 35.9 Å². The molecule has 33 heavy (non-hydrogen) atoms. The SMILES string of the molecule is C[C@@H]1CN(c2ncc(C(F)(F)F)cn2)CCN1C(=O)OCCc1c[nH]c(=O)c(C(F)(F)F)c1. The summed E-state index contributed by atoms with van der Waals surface area (Å²) in [6, 6.07) is 0.319. The number of aromatic amines is 1. The van der Waals surface area contributed by atoms with Crippen molar-refractivity contribution in [1.29, 1.82) is 0 Å². The maximum atomic E-state index is 12.8. The minimum atomic E-state index is -4.80. The normalized spacial score (nSPS) is 17.2. The molecule has 8 nitrogen and oxygen atoms in total. The monoisotopic (exact) mass is 479 g/mol. The number of H-pyrrole nitrogens is 1. The van der Waals surface area contributed by atoms with Gasteiger partial charge in [0.1, 0.15) is 5.56 Å². The number of anilines is 1. The molecule has 0 unspecified atom stereocenters. The highest BCUT2D eigenvalue weighted by Gasteiger charge is 2.35. The van der Waals surface area contributed by atoms with Crippen LogP contribution in [0.25, 0.3) is 0 Å². The van der Waals surface area contributed by atoms with E-state index in [0.717, 1.165) is 6.20 Å². The number of alkyl halides is 6. The summed E-state index contributed by atoms with van der Waals surface area (Å²) in [5, 5.41) is 0. The first-order valence-electron chi connectivity index (χ1n) is 9.72. The van der Waals surface area contributed by atoms with Gasteiger partial charge in [-0.2, -0.15) is 26.3 Å². The Bertz CT molecular complexity index is 1040. The number of hydrogen-bond acceptors (Lipinski definition) is 6. The van der Waals surface area contributed by atoms with Crippen LogP contribution in [-0.2, 0) is 23.5 Å². The summed E-state index contributed by atoms with van der Waals surface area (Å²) in [6.45, 7) is 2.17. The van der Waals surface area contributed by atoms with Gasteiger partial charge in [-0.25, -0.2) is 14.8 Å². The molecule has 1 amide bonds. The summed E-state index contributed by atoms with van der Waals surface area (Å²) in [5.41, 5.74) is -3.41. The number of nitrogens with zero attached hydrogens (tertiary/aromatic N) is 4. The highest BCUT2D eigenvalue weighted by atomic mass is 19.4. The molecule has 1 saturated heterocycles. The number of halogens is 6. The maximum absolute atomic E-state index is 12.8. The summed E-state index contributed by atoms with van der Waals surface area (Å²) in [4.78, 5) is 36.2. The first-order chi connectivity index (χ1) is 15.4. The molecule has 1 atom stereocenters. The second-order valence-corrected chi connectivity index (χ2v) is 7.37. The lowest BCUT2D eigenvalue weighted by Crippen LogP contribution is -2.54. The van der Waals surface area contributed by atoms with E-state index in [2.05, 4.69) is 9.97 Å². The highest BCUT2D eigenvalue weighted by Crippen LogP contribution is 2.29. The van der Waals surface area contributed by atoms with E-state index in [1.165, 1.54) is 4.90 Å². The third-order valence-corrected chi connectivity index (χ3v) is 5.00. The van der Waals surface area contributed by atoms with Crippen molar-refractivity contribution in [1.82, 2.24) is 19.9 Å². The molecule has 1 aliphatic rings. The average molecular weight is 479 g/mol. The zero-order chi connectivity index (χ0) is 24.4. The fourth-order valence-corrected chi connectivity index (χ4v) is 3.26. The number of carbonyl (C=O) groups excluding carboxylic acids is 1. The number of pyridine rings is 1. The van der Waals surface area contributed by atoms with Crippen molar-refractivity contribution in [3.8, 4) is 0 Å². The largest absolute Gasteiger partial charge is 0.449 e. The highest BCUT2D eigenvalue weighted by molar-refractivity contribution is 5.68. The zero-order valence-corrected chi connectivity index (χ0v) is 17.2. The number of nitrogens with one attached hydrogen (secondary N) is 1. The second kappa shape index (κ2) is 9.27. The fourth-order valence-electron chi connectivity index (χ4n) is 3.26. The summed E-state index contributed by atoms with van der Waals surface area (Å²) >= 11 is 0. The predicted molar refractivity (Wildman–Crippen MR) is 103 cm³/mol. The molecule has 3 rings (SSSR count). The molecule has 0 radical (unpaired) electrons. The smallest absolute Gasteiger partial charge is 0.421 e. The Morgan fingerprint density at radius 3 is 2.39 bits per heavy atom. The van der Waals surface area contributed by atoms with Crippen LogP contribution in [0.3, 0.4) is 0 Å². The molecule has 0 spiro atoms. The van der Waals surface area contributed by atoms with Crippen molar-refractivity contribution in [2.75, 3.05) is 31.1 Å². The van der Waals surface area contributed by atoms with Gasteiger partial charge in [0.2, 0.25) is 5.95 Å². The molecule has 1 fully saturated rings. The van der Waals surface area contributed by atoms with Crippen molar-refractivity contribution >= 4 is 12.0 Å². The van der Waals surface area contributed by atoms with Crippen molar-refractivity contribution in [2.24, 2.45) is 0 Å². The van der Waals surface area contributed by atoms with Gasteiger partial charge in [-0.05, 0) is 18.6 Å². The van der Waals surface area contributed by atoms with Crippen molar-refractivity contribution in [2.45, 2.75) is 31.7 Å². The second-order valence-electron chi connectivity index (χ2n) is 7.37. The summed E-state index contributed by atoms with van der Waals surface area (Å²) in [5.74, 6) is 0.0985. The van der Waals surface area contributed by atoms with Gasteiger partial charge < -0.3 is 19.5 Å². The number of carbonyl (C=O) groups is 1. The van der Waals surface area contributed by atoms with Gasteiger partial charge in [0, 0.05) is 50.7 Å². The van der Waals surface area contributed by atoms with Gasteiger partial charge in [0.15, 0.2) is 0 Å². The van der Waals surface area contributed by atoms with E-state index in [1.54, 1.807) is 11.8 Å². The standard InChI is InChI=1S/C19H19F6N5O3/c1-11-10-29(16-27-8-13(9-28-16)18(20,21)22)3-4-30(11)17(32)33-5-2-12-6-14(19(23,24)25)15(31)26-7-12/h6-9,11H,2-5,10H2,1H3,(H,26,31)/t11-/m1/s1. The Balaban J connectivity index is 1.53. The molecule has 0 bridgehead atoms. The molecule has 14 heteroatoms. The van der Waals surface area contributed by atoms with E-state index in [-0.39, 0.29) is 50.2 Å². The van der Waals surface area contributed by atoms with Gasteiger partial charge in [-0.1, -0.05) is 0 Å². The molecular formula is C19H19F6N5O3. The minimum Gasteiger partial charge on any atom is -0.449 e. The van der Waals surface area contributed by atoms with Crippen LogP contribution >= 0.6 is 0 Å². The quantitative estimate of drug-likeness (QED) is 0.678. The van der Waals surface area contributed by atoms with Crippen molar-refractivity contribution < 1.29 is 35.9 Å². The van der Waals surface area contributed by atoms with Gasteiger partial charge in [0.25, 0.3) is 5.56 Å². The van der Waals surface area contributed by atoms with Gasteiger partial charge in [0.05, 0.1) is 12.2 Å². The van der Waals surface area contributed by atoms with E-state index >= 15 is 0 Å². The molecule has 2 aromatic rings. The Morgan fingerprint density at radius 1 is 1.15 bits per heavy atom. The molecule has 0 aromatic carbocycles. The number of piperazine rings is 1. The topological polar surface area (TPSA) is 91.4 Å². The number of rotatable bonds is 4. The van der Waals surface area contributed by atoms with Crippen LogP contribution in [0.4, 0.5) is 37.1 Å². The lowest BCUT2D eigenvalue weighted by atomic mass is 10.1. The maximum Gasteiger partial charge on any atom is 0.421 e. The van der Waals surface area contributed by atoms with E-state index in [1.807, 2.05) is 4.98 Å². The number of amides is 1. The first-order valence-corrected chi connectivity index (χ1v) is 9.72. The Kier molecular flexibility index (Phi) is 6.84. The van der Waals surface area contributed by atoms with Crippen LogP contribution in [0, 0.1) is 0 Å². The number of hydrogen-bond donors (Lipinski definition) is 1. The van der Waals surface area contributed by atoms with Crippen LogP contribution in [0.5, 0.6) is 0 Å². The van der Waals surface area contributed by atoms with Gasteiger partial charge in [-0.15, -0.1) is 0 Å². The van der Waals surface area contributed by atoms with E-state index in [0.29, 0.717) is 18.5 Å². The summed E-state index contributed by atoms with van der Waals surface area (Å²) in [6.07, 6.45) is -7.57. The number of aromatic nitrogens is 3. The predicted octanol–water partition coefficient (Wildman–Crippen LogP) is 3.09. The molecule has 1 N–H and O–H groups in total. The first kappa shape index (κ1) is 24.3. The summed E-state index contributed by atoms with van der Waals surface area (Å²) in [7, 11) is 0. The Labute approximate surface area is 183 Å². The molecule has 0 saturated carbocycles. The van der Waals surface area contributed by atoms with Crippen LogP contribution in [0.1, 0.15) is 23.6 Å².